The van der Waals surface area contributed by atoms with Crippen molar-refractivity contribution in [1.82, 2.24) is 9.78 Å². The number of benzene rings is 1. The number of ether oxygens (including phenoxy) is 3. The molecular weight excluding hydrogens is 232 g/mol. The Morgan fingerprint density at radius 3 is 2.44 bits per heavy atom. The van der Waals surface area contributed by atoms with E-state index >= 15 is 0 Å². The van der Waals surface area contributed by atoms with Gasteiger partial charge in [-0.3, -0.25) is 0 Å². The van der Waals surface area contributed by atoms with E-state index in [1.54, 1.807) is 26.0 Å². The Kier molecular flexibility index (Phi) is 3.96. The minimum Gasteiger partial charge on any atom is -0.494 e. The van der Waals surface area contributed by atoms with Crippen molar-refractivity contribution in [2.45, 2.75) is 6.29 Å². The summed E-state index contributed by atoms with van der Waals surface area (Å²) >= 11 is 0. The fourth-order valence-electron chi connectivity index (χ4n) is 1.75. The Morgan fingerprint density at radius 2 is 1.78 bits per heavy atom. The Balaban J connectivity index is 2.34. The van der Waals surface area contributed by atoms with Gasteiger partial charge in [-0.1, -0.05) is 12.1 Å². The number of methoxy groups -OCH3 is 3. The van der Waals surface area contributed by atoms with Gasteiger partial charge in [0.25, 0.3) is 0 Å². The molecule has 2 aromatic rings. The molecule has 1 aromatic carbocycles. The van der Waals surface area contributed by atoms with E-state index in [0.717, 1.165) is 11.4 Å². The van der Waals surface area contributed by atoms with E-state index in [-0.39, 0.29) is 0 Å². The summed E-state index contributed by atoms with van der Waals surface area (Å²) in [6.45, 7) is 0. The minimum atomic E-state index is -0.457. The van der Waals surface area contributed by atoms with Crippen molar-refractivity contribution < 1.29 is 14.2 Å². The van der Waals surface area contributed by atoms with Crippen LogP contribution in [-0.4, -0.2) is 31.1 Å². The average Bonchev–Trinajstić information content (AvgIpc) is 2.89. The van der Waals surface area contributed by atoms with Crippen molar-refractivity contribution in [1.29, 1.82) is 0 Å². The third-order valence-electron chi connectivity index (χ3n) is 2.61. The Morgan fingerprint density at radius 1 is 1.06 bits per heavy atom. The molecule has 0 spiro atoms. The third kappa shape index (κ3) is 2.37. The molecule has 0 bridgehead atoms. The first-order valence-corrected chi connectivity index (χ1v) is 5.54. The lowest BCUT2D eigenvalue weighted by Crippen LogP contribution is -2.06. The number of aromatic nitrogens is 2. The fraction of sp³-hybridized carbons (Fsp3) is 0.308. The van der Waals surface area contributed by atoms with Gasteiger partial charge in [0.15, 0.2) is 0 Å². The minimum absolute atomic E-state index is 0.457. The lowest BCUT2D eigenvalue weighted by molar-refractivity contribution is -0.108. The van der Waals surface area contributed by atoms with Crippen molar-refractivity contribution in [2.75, 3.05) is 21.3 Å². The van der Waals surface area contributed by atoms with Crippen molar-refractivity contribution in [3.8, 4) is 11.4 Å². The summed E-state index contributed by atoms with van der Waals surface area (Å²) in [7, 11) is 4.79. The van der Waals surface area contributed by atoms with E-state index in [2.05, 4.69) is 5.10 Å². The molecule has 2 rings (SSSR count). The molecule has 1 heterocycles. The summed E-state index contributed by atoms with van der Waals surface area (Å²) in [5, 5.41) is 4.42. The SMILES string of the molecule is COc1ccccc1-n1ccc(C(OC)OC)n1. The first kappa shape index (κ1) is 12.6. The Bertz CT molecular complexity index is 506. The topological polar surface area (TPSA) is 45.5 Å². The quantitative estimate of drug-likeness (QED) is 0.761. The zero-order chi connectivity index (χ0) is 13.0. The maximum atomic E-state index is 5.30. The maximum Gasteiger partial charge on any atom is 0.202 e. The summed E-state index contributed by atoms with van der Waals surface area (Å²) in [5.41, 5.74) is 1.59. The first-order valence-electron chi connectivity index (χ1n) is 5.54. The van der Waals surface area contributed by atoms with Gasteiger partial charge in [0.05, 0.1) is 7.11 Å². The van der Waals surface area contributed by atoms with Gasteiger partial charge < -0.3 is 14.2 Å². The van der Waals surface area contributed by atoms with Gasteiger partial charge in [0.2, 0.25) is 6.29 Å². The second-order valence-corrected chi connectivity index (χ2v) is 3.66. The van der Waals surface area contributed by atoms with Crippen LogP contribution < -0.4 is 4.74 Å². The van der Waals surface area contributed by atoms with Gasteiger partial charge in [0, 0.05) is 20.4 Å². The van der Waals surface area contributed by atoms with E-state index < -0.39 is 6.29 Å². The lowest BCUT2D eigenvalue weighted by atomic mass is 10.3. The van der Waals surface area contributed by atoms with E-state index in [1.807, 2.05) is 36.5 Å². The molecule has 0 atom stereocenters. The zero-order valence-electron chi connectivity index (χ0n) is 10.7. The molecular formula is C13H16N2O3. The second kappa shape index (κ2) is 5.66. The predicted octanol–water partition coefficient (Wildman–Crippen LogP) is 2.17. The van der Waals surface area contributed by atoms with E-state index in [4.69, 9.17) is 14.2 Å². The van der Waals surface area contributed by atoms with E-state index in [1.165, 1.54) is 0 Å². The summed E-state index contributed by atoms with van der Waals surface area (Å²) < 4.78 is 17.4. The number of nitrogens with zero attached hydrogens (tertiary/aromatic N) is 2. The molecule has 0 unspecified atom stereocenters. The maximum absolute atomic E-state index is 5.30. The summed E-state index contributed by atoms with van der Waals surface area (Å²) in [4.78, 5) is 0. The van der Waals surface area contributed by atoms with Gasteiger partial charge in [-0.05, 0) is 18.2 Å². The van der Waals surface area contributed by atoms with Gasteiger partial charge in [0.1, 0.15) is 17.1 Å². The highest BCUT2D eigenvalue weighted by molar-refractivity contribution is 5.45. The highest BCUT2D eigenvalue weighted by atomic mass is 16.7. The molecule has 5 nitrogen and oxygen atoms in total. The van der Waals surface area contributed by atoms with Crippen LogP contribution in [0, 0.1) is 0 Å². The molecule has 0 aliphatic heterocycles. The fourth-order valence-corrected chi connectivity index (χ4v) is 1.75. The number of para-hydroxylation sites is 2. The van der Waals surface area contributed by atoms with Crippen LogP contribution in [0.2, 0.25) is 0 Å². The lowest BCUT2D eigenvalue weighted by Gasteiger charge is -2.10. The molecule has 0 saturated carbocycles. The molecule has 0 N–H and O–H groups in total. The largest absolute Gasteiger partial charge is 0.494 e. The number of rotatable bonds is 5. The normalized spacial score (nSPS) is 10.9. The highest BCUT2D eigenvalue weighted by Gasteiger charge is 2.13. The van der Waals surface area contributed by atoms with Crippen LogP contribution in [0.15, 0.2) is 36.5 Å². The van der Waals surface area contributed by atoms with Crippen molar-refractivity contribution >= 4 is 0 Å². The van der Waals surface area contributed by atoms with Gasteiger partial charge in [-0.15, -0.1) is 0 Å². The summed E-state index contributed by atoms with van der Waals surface area (Å²) in [6, 6.07) is 9.53. The molecule has 1 aromatic heterocycles. The van der Waals surface area contributed by atoms with Crippen LogP contribution in [0.3, 0.4) is 0 Å². The van der Waals surface area contributed by atoms with Gasteiger partial charge in [-0.2, -0.15) is 5.10 Å². The molecule has 0 fully saturated rings. The summed E-state index contributed by atoms with van der Waals surface area (Å²) in [5.74, 6) is 0.763. The van der Waals surface area contributed by atoms with Crippen LogP contribution in [-0.2, 0) is 9.47 Å². The van der Waals surface area contributed by atoms with E-state index in [0.29, 0.717) is 5.69 Å². The molecule has 0 aliphatic carbocycles. The average molecular weight is 248 g/mol. The van der Waals surface area contributed by atoms with Crippen molar-refractivity contribution in [3.05, 3.63) is 42.2 Å². The standard InChI is InChI=1S/C13H16N2O3/c1-16-12-7-5-4-6-11(12)15-9-8-10(14-15)13(17-2)18-3/h4-9,13H,1-3H3. The molecule has 96 valence electrons. The predicted molar refractivity (Wildman–Crippen MR) is 66.9 cm³/mol. The molecule has 5 heteroatoms. The Labute approximate surface area is 106 Å². The molecule has 0 saturated heterocycles. The molecule has 0 amide bonds. The van der Waals surface area contributed by atoms with E-state index in [9.17, 15) is 0 Å². The Hall–Kier alpha value is -1.85. The van der Waals surface area contributed by atoms with Crippen LogP contribution in [0.25, 0.3) is 5.69 Å². The molecule has 0 aliphatic rings. The zero-order valence-corrected chi connectivity index (χ0v) is 10.7. The van der Waals surface area contributed by atoms with Gasteiger partial charge >= 0.3 is 0 Å². The monoisotopic (exact) mass is 248 g/mol. The van der Waals surface area contributed by atoms with Crippen molar-refractivity contribution in [3.63, 3.8) is 0 Å². The number of hydrogen-bond acceptors (Lipinski definition) is 4. The summed E-state index contributed by atoms with van der Waals surface area (Å²) in [6.07, 6.45) is 1.39. The molecule has 18 heavy (non-hydrogen) atoms. The van der Waals surface area contributed by atoms with Crippen molar-refractivity contribution in [2.24, 2.45) is 0 Å². The number of hydrogen-bond donors (Lipinski definition) is 0. The van der Waals surface area contributed by atoms with Crippen LogP contribution >= 0.6 is 0 Å². The molecule has 0 radical (unpaired) electrons. The van der Waals surface area contributed by atoms with Crippen LogP contribution in [0.5, 0.6) is 5.75 Å². The smallest absolute Gasteiger partial charge is 0.202 e. The second-order valence-electron chi connectivity index (χ2n) is 3.66. The van der Waals surface area contributed by atoms with Crippen LogP contribution in [0.4, 0.5) is 0 Å². The van der Waals surface area contributed by atoms with Gasteiger partial charge in [-0.25, -0.2) is 4.68 Å². The highest BCUT2D eigenvalue weighted by Crippen LogP contribution is 2.23. The van der Waals surface area contributed by atoms with Crippen LogP contribution in [0.1, 0.15) is 12.0 Å². The third-order valence-corrected chi connectivity index (χ3v) is 2.61. The first-order chi connectivity index (χ1) is 8.80.